The fourth-order valence-electron chi connectivity index (χ4n) is 4.10. The molecule has 5 rings (SSSR count). The highest BCUT2D eigenvalue weighted by atomic mass is 16.5. The van der Waals surface area contributed by atoms with Crippen LogP contribution >= 0.6 is 0 Å². The van der Waals surface area contributed by atoms with Crippen LogP contribution in [0.25, 0.3) is 22.2 Å². The Morgan fingerprint density at radius 1 is 1.00 bits per heavy atom. The number of fused-ring (bicyclic) bond motifs is 1. The van der Waals surface area contributed by atoms with Crippen LogP contribution in [0.15, 0.2) is 76.2 Å². The average Bonchev–Trinajstić information content (AvgIpc) is 2.87. The summed E-state index contributed by atoms with van der Waals surface area (Å²) in [4.78, 5) is 37.1. The molecular weight excluding hydrogens is 432 g/mol. The van der Waals surface area contributed by atoms with E-state index in [-0.39, 0.29) is 12.5 Å². The minimum atomic E-state index is -0.407. The summed E-state index contributed by atoms with van der Waals surface area (Å²) in [6.45, 7) is 4.30. The van der Waals surface area contributed by atoms with Gasteiger partial charge in [-0.1, -0.05) is 30.3 Å². The van der Waals surface area contributed by atoms with E-state index in [4.69, 9.17) is 9.15 Å². The fraction of sp³-hybridized carbons (Fsp3) is 0.231. The molecule has 0 atom stereocenters. The van der Waals surface area contributed by atoms with Crippen LogP contribution in [0.1, 0.15) is 5.56 Å². The third kappa shape index (κ3) is 4.61. The normalized spacial score (nSPS) is 13.8. The zero-order chi connectivity index (χ0) is 23.5. The summed E-state index contributed by atoms with van der Waals surface area (Å²) in [5.41, 5.74) is 2.80. The van der Waals surface area contributed by atoms with E-state index in [1.54, 1.807) is 23.4 Å². The van der Waals surface area contributed by atoms with Gasteiger partial charge in [0.25, 0.3) is 5.91 Å². The molecule has 0 saturated carbocycles. The number of nitrogens with zero attached hydrogens (tertiary/aromatic N) is 4. The zero-order valence-electron chi connectivity index (χ0n) is 18.8. The summed E-state index contributed by atoms with van der Waals surface area (Å²) in [5, 5.41) is 0.842. The molecule has 34 heavy (non-hydrogen) atoms. The molecule has 0 unspecified atom stereocenters. The second kappa shape index (κ2) is 9.35. The van der Waals surface area contributed by atoms with E-state index >= 15 is 0 Å². The van der Waals surface area contributed by atoms with E-state index < -0.39 is 5.63 Å². The fourth-order valence-corrected chi connectivity index (χ4v) is 4.10. The average molecular weight is 457 g/mol. The number of anilines is 1. The van der Waals surface area contributed by atoms with Gasteiger partial charge in [-0.25, -0.2) is 14.8 Å². The van der Waals surface area contributed by atoms with Crippen molar-refractivity contribution in [1.82, 2.24) is 14.9 Å². The van der Waals surface area contributed by atoms with Crippen molar-refractivity contribution >= 4 is 22.7 Å². The standard InChI is InChI=1S/C26H24N4O4/c1-18-13-26(32)34-23-14-20(7-8-21(18)23)33-16-25(31)30-11-9-29(10-12-30)24-15-22(27-17-28-24)19-5-3-2-4-6-19/h2-8,13-15,17H,9-12,16H2,1H3. The Kier molecular flexibility index (Phi) is 5.95. The van der Waals surface area contributed by atoms with Crippen LogP contribution in [-0.4, -0.2) is 53.6 Å². The molecule has 0 N–H and O–H groups in total. The molecule has 1 amide bonds. The molecule has 1 saturated heterocycles. The van der Waals surface area contributed by atoms with E-state index in [1.807, 2.05) is 49.4 Å². The van der Waals surface area contributed by atoms with Crippen molar-refractivity contribution < 1.29 is 13.9 Å². The molecule has 4 aromatic rings. The first-order valence-electron chi connectivity index (χ1n) is 11.1. The number of rotatable bonds is 5. The molecule has 1 fully saturated rings. The maximum atomic E-state index is 12.7. The van der Waals surface area contributed by atoms with Gasteiger partial charge >= 0.3 is 5.63 Å². The topological polar surface area (TPSA) is 88.8 Å². The third-order valence-electron chi connectivity index (χ3n) is 5.96. The third-order valence-corrected chi connectivity index (χ3v) is 5.96. The number of carbonyl (C=O) groups is 1. The van der Waals surface area contributed by atoms with Crippen LogP contribution in [0, 0.1) is 6.92 Å². The Balaban J connectivity index is 1.18. The molecular formula is C26H24N4O4. The van der Waals surface area contributed by atoms with Crippen molar-refractivity contribution in [2.45, 2.75) is 6.92 Å². The summed E-state index contributed by atoms with van der Waals surface area (Å²) in [6.07, 6.45) is 1.58. The second-order valence-electron chi connectivity index (χ2n) is 8.19. The Labute approximate surface area is 196 Å². The van der Waals surface area contributed by atoms with Gasteiger partial charge in [-0.05, 0) is 24.6 Å². The lowest BCUT2D eigenvalue weighted by molar-refractivity contribution is -0.133. The first kappa shape index (κ1) is 21.6. The Hall–Kier alpha value is -4.20. The lowest BCUT2D eigenvalue weighted by Crippen LogP contribution is -2.50. The van der Waals surface area contributed by atoms with Crippen molar-refractivity contribution in [3.05, 3.63) is 83.0 Å². The highest BCUT2D eigenvalue weighted by Crippen LogP contribution is 2.23. The molecule has 1 aliphatic heterocycles. The minimum Gasteiger partial charge on any atom is -0.484 e. The van der Waals surface area contributed by atoms with Gasteiger partial charge < -0.3 is 19.0 Å². The first-order chi connectivity index (χ1) is 16.6. The van der Waals surface area contributed by atoms with Crippen molar-refractivity contribution in [2.24, 2.45) is 0 Å². The summed E-state index contributed by atoms with van der Waals surface area (Å²) < 4.78 is 10.9. The molecule has 0 aliphatic carbocycles. The Bertz CT molecular complexity index is 1380. The van der Waals surface area contributed by atoms with E-state index in [2.05, 4.69) is 14.9 Å². The number of hydrogen-bond acceptors (Lipinski definition) is 7. The van der Waals surface area contributed by atoms with Gasteiger partial charge in [-0.3, -0.25) is 4.79 Å². The largest absolute Gasteiger partial charge is 0.484 e. The van der Waals surface area contributed by atoms with Crippen LogP contribution in [0.2, 0.25) is 0 Å². The molecule has 0 radical (unpaired) electrons. The molecule has 0 spiro atoms. The van der Waals surface area contributed by atoms with Gasteiger partial charge in [-0.2, -0.15) is 0 Å². The zero-order valence-corrected chi connectivity index (χ0v) is 18.8. The lowest BCUT2D eigenvalue weighted by atomic mass is 10.1. The van der Waals surface area contributed by atoms with Crippen LogP contribution < -0.4 is 15.3 Å². The van der Waals surface area contributed by atoms with Crippen molar-refractivity contribution in [2.75, 3.05) is 37.7 Å². The quantitative estimate of drug-likeness (QED) is 0.426. The second-order valence-corrected chi connectivity index (χ2v) is 8.19. The van der Waals surface area contributed by atoms with Crippen LogP contribution in [0.3, 0.4) is 0 Å². The van der Waals surface area contributed by atoms with Gasteiger partial charge in [0.1, 0.15) is 23.5 Å². The maximum absolute atomic E-state index is 12.7. The summed E-state index contributed by atoms with van der Waals surface area (Å²) in [5.74, 6) is 1.26. The summed E-state index contributed by atoms with van der Waals surface area (Å²) >= 11 is 0. The highest BCUT2D eigenvalue weighted by Gasteiger charge is 2.22. The van der Waals surface area contributed by atoms with Gasteiger partial charge in [0, 0.05) is 55.3 Å². The lowest BCUT2D eigenvalue weighted by Gasteiger charge is -2.35. The van der Waals surface area contributed by atoms with Gasteiger partial charge in [0.15, 0.2) is 6.61 Å². The molecule has 172 valence electrons. The molecule has 3 heterocycles. The van der Waals surface area contributed by atoms with E-state index in [0.29, 0.717) is 37.5 Å². The molecule has 2 aromatic heterocycles. The Morgan fingerprint density at radius 2 is 1.79 bits per heavy atom. The van der Waals surface area contributed by atoms with E-state index in [1.165, 1.54) is 6.07 Å². The van der Waals surface area contributed by atoms with E-state index in [9.17, 15) is 9.59 Å². The van der Waals surface area contributed by atoms with Gasteiger partial charge in [0.2, 0.25) is 0 Å². The van der Waals surface area contributed by atoms with Crippen molar-refractivity contribution in [3.63, 3.8) is 0 Å². The number of hydrogen-bond donors (Lipinski definition) is 0. The highest BCUT2D eigenvalue weighted by molar-refractivity contribution is 5.82. The monoisotopic (exact) mass is 456 g/mol. The summed E-state index contributed by atoms with van der Waals surface area (Å²) in [7, 11) is 0. The van der Waals surface area contributed by atoms with E-state index in [0.717, 1.165) is 28.0 Å². The smallest absolute Gasteiger partial charge is 0.336 e. The molecule has 1 aliphatic rings. The number of aryl methyl sites for hydroxylation is 1. The molecule has 0 bridgehead atoms. The first-order valence-corrected chi connectivity index (χ1v) is 11.1. The van der Waals surface area contributed by atoms with Crippen LogP contribution in [0.5, 0.6) is 5.75 Å². The van der Waals surface area contributed by atoms with Crippen LogP contribution in [-0.2, 0) is 4.79 Å². The van der Waals surface area contributed by atoms with Gasteiger partial charge in [0.05, 0.1) is 5.69 Å². The van der Waals surface area contributed by atoms with Crippen molar-refractivity contribution in [3.8, 4) is 17.0 Å². The predicted molar refractivity (Wildman–Crippen MR) is 129 cm³/mol. The van der Waals surface area contributed by atoms with Crippen molar-refractivity contribution in [1.29, 1.82) is 0 Å². The molecule has 8 heteroatoms. The predicted octanol–water partition coefficient (Wildman–Crippen LogP) is 3.29. The number of aromatic nitrogens is 2. The van der Waals surface area contributed by atoms with Gasteiger partial charge in [-0.15, -0.1) is 0 Å². The number of piperazine rings is 1. The molecule has 2 aromatic carbocycles. The number of carbonyl (C=O) groups excluding carboxylic acids is 1. The maximum Gasteiger partial charge on any atom is 0.336 e. The minimum absolute atomic E-state index is 0.0762. The summed E-state index contributed by atoms with van der Waals surface area (Å²) in [6, 6.07) is 18.7. The van der Waals surface area contributed by atoms with Crippen LogP contribution in [0.4, 0.5) is 5.82 Å². The number of benzene rings is 2. The molecule has 8 nitrogen and oxygen atoms in total. The number of amides is 1. The Morgan fingerprint density at radius 3 is 2.59 bits per heavy atom. The SMILES string of the molecule is Cc1cc(=O)oc2cc(OCC(=O)N3CCN(c4cc(-c5ccccc5)ncn4)CC3)ccc12. The number of ether oxygens (including phenoxy) is 1.